The van der Waals surface area contributed by atoms with Crippen LogP contribution in [0.25, 0.3) is 0 Å². The van der Waals surface area contributed by atoms with Gasteiger partial charge in [-0.25, -0.2) is 4.99 Å². The molecule has 2 saturated heterocycles. The van der Waals surface area contributed by atoms with Crippen LogP contribution < -0.4 is 5.73 Å². The van der Waals surface area contributed by atoms with E-state index in [0.717, 1.165) is 44.7 Å². The van der Waals surface area contributed by atoms with Crippen LogP contribution in [0.1, 0.15) is 31.4 Å². The van der Waals surface area contributed by atoms with E-state index in [4.69, 9.17) is 10.5 Å². The third kappa shape index (κ3) is 5.44. The molecule has 0 radical (unpaired) electrons. The highest BCUT2D eigenvalue weighted by molar-refractivity contribution is 5.78. The second-order valence-electron chi connectivity index (χ2n) is 7.73. The van der Waals surface area contributed by atoms with Gasteiger partial charge in [0.25, 0.3) is 0 Å². The predicted molar refractivity (Wildman–Crippen MR) is 102 cm³/mol. The summed E-state index contributed by atoms with van der Waals surface area (Å²) in [4.78, 5) is 9.22. The monoisotopic (exact) mass is 344 g/mol. The summed E-state index contributed by atoms with van der Waals surface area (Å²) in [5, 5.41) is 0. The molecule has 2 aliphatic rings. The molecule has 1 aromatic rings. The number of piperidine rings is 1. The van der Waals surface area contributed by atoms with Gasteiger partial charge in [0.1, 0.15) is 0 Å². The van der Waals surface area contributed by atoms with E-state index in [-0.39, 0.29) is 0 Å². The Bertz CT molecular complexity index is 556. The summed E-state index contributed by atoms with van der Waals surface area (Å²) in [5.74, 6) is 2.24. The van der Waals surface area contributed by atoms with Gasteiger partial charge in [0.15, 0.2) is 5.96 Å². The lowest BCUT2D eigenvalue weighted by Gasteiger charge is -2.35. The first-order valence-corrected chi connectivity index (χ1v) is 9.53. The van der Waals surface area contributed by atoms with Crippen LogP contribution in [0.15, 0.2) is 29.3 Å². The van der Waals surface area contributed by atoms with Gasteiger partial charge < -0.3 is 15.4 Å². The molecule has 3 rings (SSSR count). The topological polar surface area (TPSA) is 54.1 Å². The number of aliphatic imine (C=N–C) groups is 1. The molecule has 0 saturated carbocycles. The normalized spacial score (nSPS) is 26.0. The highest BCUT2D eigenvalue weighted by Crippen LogP contribution is 2.22. The fraction of sp³-hybridized carbons (Fsp3) is 0.650. The van der Waals surface area contributed by atoms with Crippen LogP contribution in [0, 0.1) is 11.8 Å². The van der Waals surface area contributed by atoms with E-state index >= 15 is 0 Å². The molecule has 2 atom stereocenters. The van der Waals surface area contributed by atoms with Crippen molar-refractivity contribution >= 4 is 5.96 Å². The Labute approximate surface area is 151 Å². The van der Waals surface area contributed by atoms with Gasteiger partial charge in [-0.15, -0.1) is 0 Å². The van der Waals surface area contributed by atoms with Crippen molar-refractivity contribution in [1.29, 1.82) is 0 Å². The van der Waals surface area contributed by atoms with Crippen LogP contribution in [0.3, 0.4) is 0 Å². The first-order valence-electron chi connectivity index (χ1n) is 9.53. The second kappa shape index (κ2) is 8.68. The van der Waals surface area contributed by atoms with Gasteiger partial charge in [-0.05, 0) is 29.4 Å². The summed E-state index contributed by atoms with van der Waals surface area (Å²) in [6, 6.07) is 8.84. The zero-order valence-electron chi connectivity index (χ0n) is 15.7. The lowest BCUT2D eigenvalue weighted by molar-refractivity contribution is 0.0674. The van der Waals surface area contributed by atoms with Gasteiger partial charge in [-0.1, -0.05) is 38.1 Å². The Morgan fingerprint density at radius 2 is 1.68 bits per heavy atom. The van der Waals surface area contributed by atoms with Crippen LogP contribution in [0.2, 0.25) is 0 Å². The number of benzene rings is 1. The molecule has 5 nitrogen and oxygen atoms in total. The molecule has 0 spiro atoms. The SMILES string of the molecule is CC1CC(C)CN(Cc2ccc(CN=C(N)N3CCOCC3)cc2)C1. The summed E-state index contributed by atoms with van der Waals surface area (Å²) in [6.07, 6.45) is 1.36. The van der Waals surface area contributed by atoms with Crippen molar-refractivity contribution < 1.29 is 4.74 Å². The third-order valence-corrected chi connectivity index (χ3v) is 5.13. The lowest BCUT2D eigenvalue weighted by atomic mass is 9.91. The van der Waals surface area contributed by atoms with Gasteiger partial charge in [0.05, 0.1) is 19.8 Å². The molecule has 0 aliphatic carbocycles. The van der Waals surface area contributed by atoms with Crippen molar-refractivity contribution in [3.8, 4) is 0 Å². The highest BCUT2D eigenvalue weighted by atomic mass is 16.5. The molecule has 0 bridgehead atoms. The number of guanidine groups is 1. The first-order chi connectivity index (χ1) is 12.1. The number of likely N-dealkylation sites (tertiary alicyclic amines) is 1. The molecule has 2 unspecified atom stereocenters. The van der Waals surface area contributed by atoms with Crippen molar-refractivity contribution in [2.75, 3.05) is 39.4 Å². The summed E-state index contributed by atoms with van der Waals surface area (Å²) < 4.78 is 5.35. The van der Waals surface area contributed by atoms with Crippen LogP contribution in [-0.2, 0) is 17.8 Å². The zero-order valence-corrected chi connectivity index (χ0v) is 15.7. The quantitative estimate of drug-likeness (QED) is 0.673. The molecule has 2 aliphatic heterocycles. The van der Waals surface area contributed by atoms with Crippen LogP contribution in [0.5, 0.6) is 0 Å². The molecule has 138 valence electrons. The second-order valence-corrected chi connectivity index (χ2v) is 7.73. The van der Waals surface area contributed by atoms with E-state index in [2.05, 4.69) is 52.9 Å². The number of ether oxygens (including phenoxy) is 1. The minimum Gasteiger partial charge on any atom is -0.378 e. The maximum Gasteiger partial charge on any atom is 0.191 e. The van der Waals surface area contributed by atoms with Crippen molar-refractivity contribution in [1.82, 2.24) is 9.80 Å². The first kappa shape index (κ1) is 18.2. The Kier molecular flexibility index (Phi) is 6.32. The van der Waals surface area contributed by atoms with Gasteiger partial charge in [0, 0.05) is 32.7 Å². The summed E-state index contributed by atoms with van der Waals surface area (Å²) in [5.41, 5.74) is 8.68. The van der Waals surface area contributed by atoms with Gasteiger partial charge in [-0.3, -0.25) is 4.90 Å². The van der Waals surface area contributed by atoms with Gasteiger partial charge >= 0.3 is 0 Å². The standard InChI is InChI=1S/C20H32N4O/c1-16-11-17(2)14-23(13-16)15-19-5-3-18(4-6-19)12-22-20(21)24-7-9-25-10-8-24/h3-6,16-17H,7-15H2,1-2H3,(H2,21,22). The van der Waals surface area contributed by atoms with Gasteiger partial charge in [-0.2, -0.15) is 0 Å². The van der Waals surface area contributed by atoms with E-state index < -0.39 is 0 Å². The number of hydrogen-bond donors (Lipinski definition) is 1. The predicted octanol–water partition coefficient (Wildman–Crippen LogP) is 2.31. The number of morpholine rings is 1. The van der Waals surface area contributed by atoms with E-state index in [0.29, 0.717) is 12.5 Å². The summed E-state index contributed by atoms with van der Waals surface area (Å²) in [7, 11) is 0. The number of nitrogens with zero attached hydrogens (tertiary/aromatic N) is 3. The van der Waals surface area contributed by atoms with Crippen LogP contribution in [0.4, 0.5) is 0 Å². The summed E-state index contributed by atoms with van der Waals surface area (Å²) in [6.45, 7) is 12.0. The van der Waals surface area contributed by atoms with Gasteiger partial charge in [0.2, 0.25) is 0 Å². The fourth-order valence-electron chi connectivity index (χ4n) is 3.99. The molecule has 0 amide bonds. The van der Waals surface area contributed by atoms with Crippen LogP contribution >= 0.6 is 0 Å². The number of rotatable bonds is 4. The lowest BCUT2D eigenvalue weighted by Crippen LogP contribution is -2.44. The highest BCUT2D eigenvalue weighted by Gasteiger charge is 2.21. The number of hydrogen-bond acceptors (Lipinski definition) is 3. The maximum absolute atomic E-state index is 6.09. The average molecular weight is 345 g/mol. The molecule has 2 fully saturated rings. The van der Waals surface area contributed by atoms with Crippen molar-refractivity contribution in [3.05, 3.63) is 35.4 Å². The summed E-state index contributed by atoms with van der Waals surface area (Å²) >= 11 is 0. The Balaban J connectivity index is 1.51. The Morgan fingerprint density at radius 1 is 1.08 bits per heavy atom. The zero-order chi connectivity index (χ0) is 17.6. The van der Waals surface area contributed by atoms with E-state index in [9.17, 15) is 0 Å². The maximum atomic E-state index is 6.09. The number of nitrogens with two attached hydrogens (primary N) is 1. The Morgan fingerprint density at radius 3 is 2.32 bits per heavy atom. The molecular formula is C20H32N4O. The molecule has 0 aromatic heterocycles. The van der Waals surface area contributed by atoms with Crippen LogP contribution in [-0.4, -0.2) is 55.2 Å². The van der Waals surface area contributed by atoms with Crippen molar-refractivity contribution in [2.45, 2.75) is 33.4 Å². The smallest absolute Gasteiger partial charge is 0.191 e. The van der Waals surface area contributed by atoms with E-state index in [1.54, 1.807) is 0 Å². The minimum atomic E-state index is 0.628. The Hall–Kier alpha value is -1.59. The molecule has 1 aromatic carbocycles. The molecule has 25 heavy (non-hydrogen) atoms. The molecular weight excluding hydrogens is 312 g/mol. The van der Waals surface area contributed by atoms with E-state index in [1.807, 2.05) is 0 Å². The van der Waals surface area contributed by atoms with Crippen molar-refractivity contribution in [3.63, 3.8) is 0 Å². The largest absolute Gasteiger partial charge is 0.378 e. The molecule has 5 heteroatoms. The fourth-order valence-corrected chi connectivity index (χ4v) is 3.99. The van der Waals surface area contributed by atoms with Crippen molar-refractivity contribution in [2.24, 2.45) is 22.6 Å². The average Bonchev–Trinajstić information content (AvgIpc) is 2.61. The third-order valence-electron chi connectivity index (χ3n) is 5.13. The molecule has 2 heterocycles. The van der Waals surface area contributed by atoms with E-state index in [1.165, 1.54) is 30.6 Å². The molecule has 2 N–H and O–H groups in total. The minimum absolute atomic E-state index is 0.628.